The number of benzene rings is 1. The van der Waals surface area contributed by atoms with Crippen molar-refractivity contribution in [2.24, 2.45) is 17.3 Å². The van der Waals surface area contributed by atoms with Gasteiger partial charge in [-0.15, -0.1) is 0 Å². The number of aryl methyl sites for hydroxylation is 1. The zero-order valence-corrected chi connectivity index (χ0v) is 21.2. The summed E-state index contributed by atoms with van der Waals surface area (Å²) < 4.78 is 12.3. The van der Waals surface area contributed by atoms with E-state index in [4.69, 9.17) is 14.3 Å². The lowest BCUT2D eigenvalue weighted by atomic mass is 9.55. The molecule has 2 fully saturated rings. The summed E-state index contributed by atoms with van der Waals surface area (Å²) in [6.45, 7) is 13.3. The molecule has 4 nitrogen and oxygen atoms in total. The van der Waals surface area contributed by atoms with E-state index in [-0.39, 0.29) is 16.6 Å². The number of aliphatic hydroxyl groups excluding tert-OH is 1. The van der Waals surface area contributed by atoms with Crippen LogP contribution in [0.1, 0.15) is 76.8 Å². The smallest absolute Gasteiger partial charge is 0.332 e. The van der Waals surface area contributed by atoms with Crippen LogP contribution >= 0.6 is 0 Å². The van der Waals surface area contributed by atoms with Crippen molar-refractivity contribution in [2.45, 2.75) is 96.4 Å². The van der Waals surface area contributed by atoms with Gasteiger partial charge in [0.05, 0.1) is 0 Å². The Morgan fingerprint density at radius 1 is 1.19 bits per heavy atom. The molecular weight excluding hydrogens is 404 g/mol. The molecule has 1 aromatic carbocycles. The van der Waals surface area contributed by atoms with Gasteiger partial charge in [-0.3, -0.25) is 0 Å². The average Bonchev–Trinajstić information content (AvgIpc) is 3.02. The van der Waals surface area contributed by atoms with Crippen LogP contribution in [0.15, 0.2) is 18.2 Å². The topological polar surface area (TPSA) is 55.8 Å². The van der Waals surface area contributed by atoms with Gasteiger partial charge in [-0.2, -0.15) is 0 Å². The summed E-state index contributed by atoms with van der Waals surface area (Å²) in [6, 6.07) is 6.87. The van der Waals surface area contributed by atoms with Crippen molar-refractivity contribution in [2.75, 3.05) is 6.61 Å². The van der Waals surface area contributed by atoms with Crippen LogP contribution < -0.4 is 4.43 Å². The Balaban J connectivity index is 1.53. The maximum atomic E-state index is 11.7. The largest absolute Gasteiger partial charge is 0.543 e. The monoisotopic (exact) mass is 444 g/mol. The van der Waals surface area contributed by atoms with E-state index in [1.807, 2.05) is 0 Å². The Morgan fingerprint density at radius 3 is 2.61 bits per heavy atom. The summed E-state index contributed by atoms with van der Waals surface area (Å²) in [5, 5.41) is 9.32. The van der Waals surface area contributed by atoms with Crippen LogP contribution in [0.5, 0.6) is 5.75 Å². The van der Waals surface area contributed by atoms with E-state index in [0.29, 0.717) is 17.8 Å². The van der Waals surface area contributed by atoms with Gasteiger partial charge >= 0.3 is 5.97 Å². The first-order chi connectivity index (χ1) is 14.5. The van der Waals surface area contributed by atoms with Crippen LogP contribution in [-0.4, -0.2) is 32.1 Å². The molecule has 3 aliphatic carbocycles. The average molecular weight is 445 g/mol. The van der Waals surface area contributed by atoms with Gasteiger partial charge in [-0.25, -0.2) is 4.79 Å². The van der Waals surface area contributed by atoms with E-state index in [1.54, 1.807) is 0 Å². The maximum absolute atomic E-state index is 11.7. The molecule has 1 aromatic rings. The third kappa shape index (κ3) is 3.97. The summed E-state index contributed by atoms with van der Waals surface area (Å²) in [7, 11) is -1.84. The quantitative estimate of drug-likeness (QED) is 0.469. The second kappa shape index (κ2) is 7.91. The van der Waals surface area contributed by atoms with E-state index in [1.165, 1.54) is 17.5 Å². The minimum atomic E-state index is -1.84. The highest BCUT2D eigenvalue weighted by Gasteiger charge is 2.56. The first-order valence-corrected chi connectivity index (χ1v) is 15.0. The Morgan fingerprint density at radius 2 is 1.94 bits per heavy atom. The van der Waals surface area contributed by atoms with Gasteiger partial charge in [0.1, 0.15) is 18.5 Å². The van der Waals surface area contributed by atoms with E-state index in [0.717, 1.165) is 37.9 Å². The molecule has 172 valence electrons. The van der Waals surface area contributed by atoms with Gasteiger partial charge in [0.2, 0.25) is 8.32 Å². The number of fused-ring (bicyclic) bond motifs is 5. The van der Waals surface area contributed by atoms with Crippen LogP contribution in [-0.2, 0) is 16.0 Å². The Kier molecular flexibility index (Phi) is 5.83. The molecule has 31 heavy (non-hydrogen) atoms. The van der Waals surface area contributed by atoms with Gasteiger partial charge in [-0.1, -0.05) is 33.8 Å². The molecule has 0 heterocycles. The van der Waals surface area contributed by atoms with E-state index in [9.17, 15) is 4.79 Å². The molecule has 0 saturated heterocycles. The van der Waals surface area contributed by atoms with Gasteiger partial charge in [-0.05, 0) is 97.7 Å². The molecule has 0 spiro atoms. The second-order valence-electron chi connectivity index (χ2n) is 11.9. The first kappa shape index (κ1) is 22.8. The lowest BCUT2D eigenvalue weighted by molar-refractivity contribution is -0.160. The highest BCUT2D eigenvalue weighted by Crippen LogP contribution is 2.61. The van der Waals surface area contributed by atoms with Gasteiger partial charge in [0.15, 0.2) is 0 Å². The second-order valence-corrected chi connectivity index (χ2v) is 16.6. The van der Waals surface area contributed by atoms with Gasteiger partial charge in [0.25, 0.3) is 0 Å². The lowest BCUT2D eigenvalue weighted by Crippen LogP contribution is -2.45. The summed E-state index contributed by atoms with van der Waals surface area (Å²) in [4.78, 5) is 11.7. The molecule has 5 heteroatoms. The first-order valence-electron chi connectivity index (χ1n) is 12.1. The fourth-order valence-corrected chi connectivity index (χ4v) is 7.43. The molecule has 0 aliphatic heterocycles. The molecule has 4 rings (SSSR count). The Bertz CT molecular complexity index is 842. The lowest BCUT2D eigenvalue weighted by Gasteiger charge is -2.50. The van der Waals surface area contributed by atoms with Crippen molar-refractivity contribution in [1.29, 1.82) is 0 Å². The molecule has 0 bridgehead atoms. The minimum absolute atomic E-state index is 0.0418. The number of carbonyl (C=O) groups excluding carboxylic acids is 1. The fourth-order valence-electron chi connectivity index (χ4n) is 6.41. The molecule has 0 radical (unpaired) electrons. The predicted molar refractivity (Wildman–Crippen MR) is 126 cm³/mol. The predicted octanol–water partition coefficient (Wildman–Crippen LogP) is 5.83. The number of hydrogen-bond acceptors (Lipinski definition) is 4. The Hall–Kier alpha value is -1.33. The van der Waals surface area contributed by atoms with E-state index >= 15 is 0 Å². The number of ether oxygens (including phenoxy) is 1. The summed E-state index contributed by atoms with van der Waals surface area (Å²) in [6.07, 6.45) is 6.58. The minimum Gasteiger partial charge on any atom is -0.543 e. The molecule has 5 unspecified atom stereocenters. The summed E-state index contributed by atoms with van der Waals surface area (Å²) in [5.74, 6) is 2.44. The molecule has 2 saturated carbocycles. The van der Waals surface area contributed by atoms with Crippen LogP contribution in [0.25, 0.3) is 0 Å². The van der Waals surface area contributed by atoms with Crippen molar-refractivity contribution in [3.05, 3.63) is 29.3 Å². The molecule has 1 N–H and O–H groups in total. The molecule has 3 aliphatic rings. The van der Waals surface area contributed by atoms with Gasteiger partial charge < -0.3 is 14.3 Å². The number of aliphatic hydroxyl groups is 1. The van der Waals surface area contributed by atoms with Crippen LogP contribution in [0, 0.1) is 17.3 Å². The number of hydrogen-bond donors (Lipinski definition) is 1. The zero-order chi connectivity index (χ0) is 22.6. The maximum Gasteiger partial charge on any atom is 0.332 e. The van der Waals surface area contributed by atoms with E-state index < -0.39 is 20.9 Å². The van der Waals surface area contributed by atoms with Crippen molar-refractivity contribution in [3.63, 3.8) is 0 Å². The van der Waals surface area contributed by atoms with E-state index in [2.05, 4.69) is 59.0 Å². The normalized spacial score (nSPS) is 32.6. The molecule has 5 atom stereocenters. The summed E-state index contributed by atoms with van der Waals surface area (Å²) in [5.41, 5.74) is 3.05. The Labute approximate surface area is 188 Å². The summed E-state index contributed by atoms with van der Waals surface area (Å²) >= 11 is 0. The number of esters is 1. The number of rotatable bonds is 4. The molecule has 0 amide bonds. The highest BCUT2D eigenvalue weighted by molar-refractivity contribution is 6.74. The highest BCUT2D eigenvalue weighted by atomic mass is 28.4. The molecular formula is C26H40O4Si. The number of carbonyl (C=O) groups is 1. The van der Waals surface area contributed by atoms with Crippen molar-refractivity contribution >= 4 is 14.3 Å². The standard InChI is InChI=1S/C26H40O4Si/c1-25(2,3)31(5,6)30-18-8-10-19-17(15-18)7-9-21-20(19)13-14-26(4)22(21)11-12-23(26)29-24(28)16-27/h8,10,15,20-23,27H,7,9,11-14,16H2,1-6H3. The van der Waals surface area contributed by atoms with Crippen molar-refractivity contribution < 1.29 is 19.1 Å². The van der Waals surface area contributed by atoms with Gasteiger partial charge in [0, 0.05) is 5.41 Å². The van der Waals surface area contributed by atoms with Crippen molar-refractivity contribution in [3.8, 4) is 5.75 Å². The third-order valence-electron chi connectivity index (χ3n) is 9.19. The zero-order valence-electron chi connectivity index (χ0n) is 20.2. The van der Waals surface area contributed by atoms with Crippen LogP contribution in [0.2, 0.25) is 18.1 Å². The molecule has 0 aromatic heterocycles. The van der Waals surface area contributed by atoms with Crippen LogP contribution in [0.4, 0.5) is 0 Å². The van der Waals surface area contributed by atoms with Crippen molar-refractivity contribution in [1.82, 2.24) is 0 Å². The third-order valence-corrected chi connectivity index (χ3v) is 13.6. The fraction of sp³-hybridized carbons (Fsp3) is 0.731. The SMILES string of the molecule is CC12CCC3c4ccc(O[Si](C)(C)C(C)(C)C)cc4CCC3C1CCC2OC(=O)CO. The van der Waals surface area contributed by atoms with Crippen LogP contribution in [0.3, 0.4) is 0 Å².